The van der Waals surface area contributed by atoms with Gasteiger partial charge in [0, 0.05) is 30.3 Å². The molecule has 1 aliphatic heterocycles. The molecule has 146 valence electrons. The highest BCUT2D eigenvalue weighted by Crippen LogP contribution is 2.17. The van der Waals surface area contributed by atoms with E-state index in [2.05, 4.69) is 33.9 Å². The van der Waals surface area contributed by atoms with Gasteiger partial charge < -0.3 is 9.64 Å². The van der Waals surface area contributed by atoms with Gasteiger partial charge in [-0.25, -0.2) is 13.1 Å². The molecule has 0 amide bonds. The van der Waals surface area contributed by atoms with Gasteiger partial charge >= 0.3 is 0 Å². The molecule has 0 aliphatic carbocycles. The summed E-state index contributed by atoms with van der Waals surface area (Å²) in [6.07, 6.45) is 1.60. The van der Waals surface area contributed by atoms with Crippen molar-refractivity contribution in [2.24, 2.45) is 0 Å². The van der Waals surface area contributed by atoms with E-state index in [1.54, 1.807) is 24.3 Å². The zero-order valence-corrected chi connectivity index (χ0v) is 16.8. The first-order chi connectivity index (χ1) is 13.0. The van der Waals surface area contributed by atoms with Gasteiger partial charge in [0.05, 0.1) is 19.0 Å². The summed E-state index contributed by atoms with van der Waals surface area (Å²) in [7, 11) is -3.33. The van der Waals surface area contributed by atoms with Gasteiger partial charge in [-0.3, -0.25) is 0 Å². The summed E-state index contributed by atoms with van der Waals surface area (Å²) in [5.74, 6) is -0.0294. The molecule has 1 saturated heterocycles. The summed E-state index contributed by atoms with van der Waals surface area (Å²) in [5, 5.41) is 0.601. The second kappa shape index (κ2) is 9.55. The van der Waals surface area contributed by atoms with Gasteiger partial charge in [0.15, 0.2) is 0 Å². The standard InChI is InChI=1S/C20H25ClN2O3S/c21-19-7-3-18(4-8-19)16-27(24,25)22-11-1-2-17-5-9-20(10-6-17)23-12-14-26-15-13-23/h3-10,22H,1-2,11-16H2. The Bertz CT molecular complexity index is 817. The Morgan fingerprint density at radius 1 is 0.963 bits per heavy atom. The molecule has 0 bridgehead atoms. The largest absolute Gasteiger partial charge is 0.378 e. The van der Waals surface area contributed by atoms with Gasteiger partial charge in [-0.05, 0) is 48.2 Å². The summed E-state index contributed by atoms with van der Waals surface area (Å²) in [4.78, 5) is 2.32. The lowest BCUT2D eigenvalue weighted by atomic mass is 10.1. The van der Waals surface area contributed by atoms with Crippen LogP contribution in [0.1, 0.15) is 17.5 Å². The number of nitrogens with zero attached hydrogens (tertiary/aromatic N) is 1. The van der Waals surface area contributed by atoms with Crippen LogP contribution in [0.5, 0.6) is 0 Å². The zero-order chi connectivity index (χ0) is 19.1. The SMILES string of the molecule is O=S(=O)(Cc1ccc(Cl)cc1)NCCCc1ccc(N2CCOCC2)cc1. The van der Waals surface area contributed by atoms with Crippen LogP contribution in [0.15, 0.2) is 48.5 Å². The van der Waals surface area contributed by atoms with Crippen LogP contribution in [0.3, 0.4) is 0 Å². The normalized spacial score (nSPS) is 15.1. The number of rotatable bonds is 8. The number of hydrogen-bond donors (Lipinski definition) is 1. The van der Waals surface area contributed by atoms with Gasteiger partial charge in [0.25, 0.3) is 0 Å². The van der Waals surface area contributed by atoms with Gasteiger partial charge in [-0.2, -0.15) is 0 Å². The molecular weight excluding hydrogens is 384 g/mol. The molecule has 7 heteroatoms. The van der Waals surface area contributed by atoms with E-state index in [1.807, 2.05) is 0 Å². The van der Waals surface area contributed by atoms with Gasteiger partial charge in [0.1, 0.15) is 0 Å². The van der Waals surface area contributed by atoms with Crippen molar-refractivity contribution in [2.75, 3.05) is 37.7 Å². The summed E-state index contributed by atoms with van der Waals surface area (Å²) >= 11 is 5.82. The number of sulfonamides is 1. The van der Waals surface area contributed by atoms with Crippen molar-refractivity contribution in [3.8, 4) is 0 Å². The molecule has 5 nitrogen and oxygen atoms in total. The van der Waals surface area contributed by atoms with Crippen LogP contribution in [0.2, 0.25) is 5.02 Å². The molecule has 0 unspecified atom stereocenters. The molecule has 1 fully saturated rings. The second-order valence-corrected chi connectivity index (χ2v) is 8.89. The smallest absolute Gasteiger partial charge is 0.215 e. The molecule has 1 aliphatic rings. The maximum atomic E-state index is 12.2. The first-order valence-electron chi connectivity index (χ1n) is 9.15. The fourth-order valence-corrected chi connectivity index (χ4v) is 4.38. The van der Waals surface area contributed by atoms with Gasteiger partial charge in [0.2, 0.25) is 10.0 Å². The third-order valence-corrected chi connectivity index (χ3v) is 6.16. The minimum atomic E-state index is -3.33. The number of anilines is 1. The quantitative estimate of drug-likeness (QED) is 0.681. The molecule has 0 aromatic heterocycles. The minimum Gasteiger partial charge on any atom is -0.378 e. The Morgan fingerprint density at radius 2 is 1.59 bits per heavy atom. The highest BCUT2D eigenvalue weighted by atomic mass is 35.5. The third kappa shape index (κ3) is 6.50. The van der Waals surface area contributed by atoms with Crippen LogP contribution in [0.25, 0.3) is 0 Å². The van der Waals surface area contributed by atoms with Crippen molar-refractivity contribution in [3.63, 3.8) is 0 Å². The highest BCUT2D eigenvalue weighted by Gasteiger charge is 2.12. The number of morpholine rings is 1. The van der Waals surface area contributed by atoms with Crippen molar-refractivity contribution in [3.05, 3.63) is 64.7 Å². The molecule has 0 atom stereocenters. The lowest BCUT2D eigenvalue weighted by molar-refractivity contribution is 0.122. The lowest BCUT2D eigenvalue weighted by Gasteiger charge is -2.28. The summed E-state index contributed by atoms with van der Waals surface area (Å²) < 4.78 is 32.4. The van der Waals surface area contributed by atoms with E-state index in [-0.39, 0.29) is 5.75 Å². The molecule has 1 N–H and O–H groups in total. The number of ether oxygens (including phenoxy) is 1. The van der Waals surface area contributed by atoms with Crippen molar-refractivity contribution < 1.29 is 13.2 Å². The first-order valence-corrected chi connectivity index (χ1v) is 11.2. The Kier molecular flexibility index (Phi) is 7.13. The van der Waals surface area contributed by atoms with Crippen molar-refractivity contribution >= 4 is 27.3 Å². The number of halogens is 1. The van der Waals surface area contributed by atoms with Crippen LogP contribution in [-0.4, -0.2) is 41.3 Å². The average molecular weight is 409 g/mol. The van der Waals surface area contributed by atoms with Crippen LogP contribution in [0, 0.1) is 0 Å². The van der Waals surface area contributed by atoms with Crippen LogP contribution in [-0.2, 0) is 26.9 Å². The summed E-state index contributed by atoms with van der Waals surface area (Å²) in [6, 6.07) is 15.4. The number of benzene rings is 2. The van der Waals surface area contributed by atoms with Crippen LogP contribution >= 0.6 is 11.6 Å². The molecule has 1 heterocycles. The topological polar surface area (TPSA) is 58.6 Å². The highest BCUT2D eigenvalue weighted by molar-refractivity contribution is 7.88. The molecule has 3 rings (SSSR count). The van der Waals surface area contributed by atoms with E-state index in [0.717, 1.165) is 44.7 Å². The van der Waals surface area contributed by atoms with E-state index in [0.29, 0.717) is 11.6 Å². The van der Waals surface area contributed by atoms with Crippen LogP contribution < -0.4 is 9.62 Å². The third-order valence-electron chi connectivity index (χ3n) is 4.55. The van der Waals surface area contributed by atoms with Gasteiger partial charge in [-0.1, -0.05) is 35.9 Å². The van der Waals surface area contributed by atoms with E-state index in [9.17, 15) is 8.42 Å². The van der Waals surface area contributed by atoms with E-state index >= 15 is 0 Å². The summed E-state index contributed by atoms with van der Waals surface area (Å²) in [6.45, 7) is 3.83. The van der Waals surface area contributed by atoms with E-state index < -0.39 is 10.0 Å². The average Bonchev–Trinajstić information content (AvgIpc) is 2.68. The van der Waals surface area contributed by atoms with Gasteiger partial charge in [-0.15, -0.1) is 0 Å². The second-order valence-electron chi connectivity index (χ2n) is 6.65. The molecule has 0 radical (unpaired) electrons. The first kappa shape index (κ1) is 20.1. The fourth-order valence-electron chi connectivity index (χ4n) is 3.07. The Morgan fingerprint density at radius 3 is 2.26 bits per heavy atom. The Balaban J connectivity index is 1.42. The summed E-state index contributed by atoms with van der Waals surface area (Å²) in [5.41, 5.74) is 3.15. The fraction of sp³-hybridized carbons (Fsp3) is 0.400. The Labute approximate surface area is 166 Å². The Hall–Kier alpha value is -1.60. The van der Waals surface area contributed by atoms with Crippen molar-refractivity contribution in [1.82, 2.24) is 4.72 Å². The maximum absolute atomic E-state index is 12.2. The lowest BCUT2D eigenvalue weighted by Crippen LogP contribution is -2.36. The number of nitrogens with one attached hydrogen (secondary N) is 1. The molecular formula is C20H25ClN2O3S. The zero-order valence-electron chi connectivity index (χ0n) is 15.2. The molecule has 2 aromatic carbocycles. The van der Waals surface area contributed by atoms with Crippen molar-refractivity contribution in [1.29, 1.82) is 0 Å². The van der Waals surface area contributed by atoms with E-state index in [1.165, 1.54) is 11.3 Å². The monoisotopic (exact) mass is 408 g/mol. The molecule has 2 aromatic rings. The van der Waals surface area contributed by atoms with Crippen molar-refractivity contribution in [2.45, 2.75) is 18.6 Å². The molecule has 0 saturated carbocycles. The maximum Gasteiger partial charge on any atom is 0.215 e. The predicted octanol–water partition coefficient (Wildman–Crippen LogP) is 3.23. The molecule has 27 heavy (non-hydrogen) atoms. The van der Waals surface area contributed by atoms with E-state index in [4.69, 9.17) is 16.3 Å². The number of hydrogen-bond acceptors (Lipinski definition) is 4. The predicted molar refractivity (Wildman–Crippen MR) is 110 cm³/mol. The molecule has 0 spiro atoms. The van der Waals surface area contributed by atoms with Crippen LogP contribution in [0.4, 0.5) is 5.69 Å². The number of aryl methyl sites for hydroxylation is 1. The minimum absolute atomic E-state index is 0.0294.